The molecule has 1 saturated heterocycles. The monoisotopic (exact) mass is 259 g/mol. The van der Waals surface area contributed by atoms with Crippen molar-refractivity contribution in [3.63, 3.8) is 0 Å². The number of anilines is 1. The Hall–Kier alpha value is -1.71. The van der Waals surface area contributed by atoms with Gasteiger partial charge in [0.15, 0.2) is 0 Å². The first-order valence-electron chi connectivity index (χ1n) is 7.22. The summed E-state index contributed by atoms with van der Waals surface area (Å²) in [7, 11) is 0. The molecule has 0 spiro atoms. The maximum atomic E-state index is 12.0. The minimum absolute atomic E-state index is 0.0749. The molecule has 2 N–H and O–H groups in total. The summed E-state index contributed by atoms with van der Waals surface area (Å²) < 4.78 is 0. The normalized spacial score (nSPS) is 17.8. The number of carbonyl (C=O) groups is 1. The summed E-state index contributed by atoms with van der Waals surface area (Å²) in [5, 5.41) is 6.50. The molecule has 19 heavy (non-hydrogen) atoms. The number of nitrogens with zero attached hydrogens (tertiary/aromatic N) is 1. The molecule has 0 bridgehead atoms. The fourth-order valence-electron chi connectivity index (χ4n) is 2.93. The molecule has 0 aromatic heterocycles. The van der Waals surface area contributed by atoms with E-state index >= 15 is 0 Å². The van der Waals surface area contributed by atoms with E-state index < -0.39 is 0 Å². The van der Waals surface area contributed by atoms with Gasteiger partial charge in [0.1, 0.15) is 0 Å². The topological polar surface area (TPSA) is 44.4 Å². The van der Waals surface area contributed by atoms with Gasteiger partial charge >= 0.3 is 6.03 Å². The van der Waals surface area contributed by atoms with Gasteiger partial charge in [-0.25, -0.2) is 4.79 Å². The number of aryl methyl sites for hydroxylation is 1. The van der Waals surface area contributed by atoms with E-state index in [9.17, 15) is 4.79 Å². The smallest absolute Gasteiger partial charge is 0.317 e. The quantitative estimate of drug-likeness (QED) is 0.856. The number of hydrogen-bond donors (Lipinski definition) is 2. The number of benzene rings is 1. The Labute approximate surface area is 114 Å². The molecule has 0 atom stereocenters. The van der Waals surface area contributed by atoms with Crippen LogP contribution in [0.5, 0.6) is 0 Å². The Bertz CT molecular complexity index is 466. The average Bonchev–Trinajstić information content (AvgIpc) is 2.99. The highest BCUT2D eigenvalue weighted by Crippen LogP contribution is 2.25. The molecule has 1 aromatic carbocycles. The van der Waals surface area contributed by atoms with Gasteiger partial charge in [-0.05, 0) is 36.8 Å². The van der Waals surface area contributed by atoms with Crippen LogP contribution in [0.4, 0.5) is 10.5 Å². The van der Waals surface area contributed by atoms with E-state index in [1.807, 2.05) is 4.90 Å². The van der Waals surface area contributed by atoms with Crippen molar-refractivity contribution >= 4 is 11.7 Å². The lowest BCUT2D eigenvalue weighted by Gasteiger charge is -2.22. The number of likely N-dealkylation sites (tertiary alicyclic amines) is 1. The number of carbonyl (C=O) groups excluding carboxylic acids is 1. The zero-order chi connectivity index (χ0) is 13.1. The third-order valence-electron chi connectivity index (χ3n) is 3.99. The van der Waals surface area contributed by atoms with Crippen LogP contribution in [0.25, 0.3) is 0 Å². The van der Waals surface area contributed by atoms with Gasteiger partial charge in [0.25, 0.3) is 0 Å². The summed E-state index contributed by atoms with van der Waals surface area (Å²) in [4.78, 5) is 13.9. The van der Waals surface area contributed by atoms with Crippen LogP contribution in [0, 0.1) is 0 Å². The predicted octanol–water partition coefficient (Wildman–Crippen LogP) is 2.35. The lowest BCUT2D eigenvalue weighted by atomic mass is 9.99. The summed E-state index contributed by atoms with van der Waals surface area (Å²) in [5.74, 6) is 0. The number of amides is 2. The Morgan fingerprint density at radius 2 is 2.11 bits per heavy atom. The molecule has 0 radical (unpaired) electrons. The standard InChI is InChI=1S/C15H21N3O/c19-15(18-9-1-2-10-18)17-11-13-6-3-5-12-7-4-8-16-14(12)13/h3,5-6,16H,1-2,4,7-11H2,(H,17,19). The Balaban J connectivity index is 1.65. The van der Waals surface area contributed by atoms with Crippen molar-refractivity contribution in [2.45, 2.75) is 32.2 Å². The molecule has 0 unspecified atom stereocenters. The maximum absolute atomic E-state index is 12.0. The third kappa shape index (κ3) is 2.67. The van der Waals surface area contributed by atoms with Crippen LogP contribution in [0.15, 0.2) is 18.2 Å². The van der Waals surface area contributed by atoms with Gasteiger partial charge in [-0.15, -0.1) is 0 Å². The summed E-state index contributed by atoms with van der Waals surface area (Å²) in [6.07, 6.45) is 4.60. The molecule has 1 aromatic rings. The van der Waals surface area contributed by atoms with Crippen LogP contribution in [0.1, 0.15) is 30.4 Å². The second kappa shape index (κ2) is 5.51. The molecule has 0 saturated carbocycles. The van der Waals surface area contributed by atoms with E-state index in [-0.39, 0.29) is 6.03 Å². The van der Waals surface area contributed by atoms with Gasteiger partial charge in [-0.3, -0.25) is 0 Å². The van der Waals surface area contributed by atoms with E-state index in [4.69, 9.17) is 0 Å². The van der Waals surface area contributed by atoms with E-state index in [2.05, 4.69) is 28.8 Å². The molecule has 3 rings (SSSR count). The number of para-hydroxylation sites is 1. The molecule has 2 amide bonds. The number of urea groups is 1. The molecule has 2 aliphatic heterocycles. The summed E-state index contributed by atoms with van der Waals surface area (Å²) in [5.41, 5.74) is 3.80. The molecular formula is C15H21N3O. The van der Waals surface area contributed by atoms with Crippen LogP contribution >= 0.6 is 0 Å². The van der Waals surface area contributed by atoms with Crippen molar-refractivity contribution in [1.29, 1.82) is 0 Å². The molecule has 0 aliphatic carbocycles. The summed E-state index contributed by atoms with van der Waals surface area (Å²) in [6, 6.07) is 6.43. The van der Waals surface area contributed by atoms with Crippen molar-refractivity contribution < 1.29 is 4.79 Å². The first-order chi connectivity index (χ1) is 9.34. The van der Waals surface area contributed by atoms with Gasteiger partial charge in [0.05, 0.1) is 0 Å². The number of nitrogens with one attached hydrogen (secondary N) is 2. The van der Waals surface area contributed by atoms with Crippen LogP contribution in [0.3, 0.4) is 0 Å². The van der Waals surface area contributed by atoms with E-state index in [1.165, 1.54) is 23.2 Å². The van der Waals surface area contributed by atoms with Gasteiger partial charge < -0.3 is 15.5 Å². The molecular weight excluding hydrogens is 238 g/mol. The van der Waals surface area contributed by atoms with E-state index in [1.54, 1.807) is 0 Å². The van der Waals surface area contributed by atoms with Crippen LogP contribution in [0.2, 0.25) is 0 Å². The largest absolute Gasteiger partial charge is 0.385 e. The number of rotatable bonds is 2. The fraction of sp³-hybridized carbons (Fsp3) is 0.533. The van der Waals surface area contributed by atoms with Crippen LogP contribution in [-0.4, -0.2) is 30.6 Å². The average molecular weight is 259 g/mol. The van der Waals surface area contributed by atoms with E-state index in [0.29, 0.717) is 6.54 Å². The molecule has 102 valence electrons. The Morgan fingerprint density at radius 1 is 1.26 bits per heavy atom. The van der Waals surface area contributed by atoms with Crippen molar-refractivity contribution in [3.05, 3.63) is 29.3 Å². The highest BCUT2D eigenvalue weighted by atomic mass is 16.2. The zero-order valence-electron chi connectivity index (χ0n) is 11.2. The highest BCUT2D eigenvalue weighted by Gasteiger charge is 2.18. The second-order valence-corrected chi connectivity index (χ2v) is 5.33. The van der Waals surface area contributed by atoms with E-state index in [0.717, 1.165) is 38.9 Å². The first-order valence-corrected chi connectivity index (χ1v) is 7.22. The predicted molar refractivity (Wildman–Crippen MR) is 76.3 cm³/mol. The molecule has 4 nitrogen and oxygen atoms in total. The van der Waals surface area contributed by atoms with Crippen molar-refractivity contribution in [3.8, 4) is 0 Å². The molecule has 2 aliphatic rings. The van der Waals surface area contributed by atoms with Gasteiger partial charge in [0.2, 0.25) is 0 Å². The van der Waals surface area contributed by atoms with Crippen molar-refractivity contribution in [2.75, 3.05) is 25.0 Å². The maximum Gasteiger partial charge on any atom is 0.317 e. The number of fused-ring (bicyclic) bond motifs is 1. The first kappa shape index (κ1) is 12.3. The van der Waals surface area contributed by atoms with Crippen molar-refractivity contribution in [1.82, 2.24) is 10.2 Å². The lowest BCUT2D eigenvalue weighted by molar-refractivity contribution is 0.208. The van der Waals surface area contributed by atoms with Crippen LogP contribution < -0.4 is 10.6 Å². The van der Waals surface area contributed by atoms with Gasteiger partial charge in [-0.2, -0.15) is 0 Å². The summed E-state index contributed by atoms with van der Waals surface area (Å²) in [6.45, 7) is 3.45. The highest BCUT2D eigenvalue weighted by molar-refractivity contribution is 5.74. The van der Waals surface area contributed by atoms with Crippen LogP contribution in [-0.2, 0) is 13.0 Å². The number of hydrogen-bond acceptors (Lipinski definition) is 2. The molecule has 2 heterocycles. The summed E-state index contributed by atoms with van der Waals surface area (Å²) >= 11 is 0. The van der Waals surface area contributed by atoms with Crippen molar-refractivity contribution in [2.24, 2.45) is 0 Å². The third-order valence-corrected chi connectivity index (χ3v) is 3.99. The molecule has 4 heteroatoms. The fourth-order valence-corrected chi connectivity index (χ4v) is 2.93. The molecule has 1 fully saturated rings. The second-order valence-electron chi connectivity index (χ2n) is 5.33. The minimum Gasteiger partial charge on any atom is -0.385 e. The van der Waals surface area contributed by atoms with Gasteiger partial charge in [0, 0.05) is 31.9 Å². The van der Waals surface area contributed by atoms with Gasteiger partial charge in [-0.1, -0.05) is 18.2 Å². The lowest BCUT2D eigenvalue weighted by Crippen LogP contribution is -2.37. The SMILES string of the molecule is O=C(NCc1cccc2c1NCCC2)N1CCCC1. The Morgan fingerprint density at radius 3 is 2.95 bits per heavy atom. The zero-order valence-corrected chi connectivity index (χ0v) is 11.2. The Kier molecular flexibility index (Phi) is 3.58. The minimum atomic E-state index is 0.0749.